The van der Waals surface area contributed by atoms with Gasteiger partial charge in [-0.3, -0.25) is 9.59 Å². The van der Waals surface area contributed by atoms with Gasteiger partial charge in [-0.05, 0) is 23.8 Å². The molecule has 2 aromatic heterocycles. The van der Waals surface area contributed by atoms with Gasteiger partial charge < -0.3 is 24.1 Å². The second-order valence-corrected chi connectivity index (χ2v) is 7.37. The van der Waals surface area contributed by atoms with Crippen LogP contribution in [0.3, 0.4) is 0 Å². The lowest BCUT2D eigenvalue weighted by Crippen LogP contribution is -2.17. The van der Waals surface area contributed by atoms with E-state index in [0.717, 1.165) is 0 Å². The largest absolute Gasteiger partial charge is 0.508 e. The maximum absolute atomic E-state index is 13.3. The van der Waals surface area contributed by atoms with Gasteiger partial charge in [0.2, 0.25) is 11.3 Å². The van der Waals surface area contributed by atoms with Crippen molar-refractivity contribution in [1.29, 1.82) is 0 Å². The molecule has 0 spiro atoms. The van der Waals surface area contributed by atoms with Gasteiger partial charge in [-0.15, -0.1) is 0 Å². The van der Waals surface area contributed by atoms with Crippen LogP contribution < -0.4 is 10.2 Å². The van der Waals surface area contributed by atoms with E-state index in [1.54, 1.807) is 30.5 Å². The van der Waals surface area contributed by atoms with Crippen molar-refractivity contribution in [3.63, 3.8) is 0 Å². The first-order valence-corrected chi connectivity index (χ1v) is 9.78. The number of hydrogen-bond acceptors (Lipinski definition) is 8. The van der Waals surface area contributed by atoms with Gasteiger partial charge in [0, 0.05) is 29.3 Å². The van der Waals surface area contributed by atoms with E-state index in [4.69, 9.17) is 13.9 Å². The third-order valence-corrected chi connectivity index (χ3v) is 5.54. The van der Waals surface area contributed by atoms with Crippen LogP contribution >= 0.6 is 0 Å². The summed E-state index contributed by atoms with van der Waals surface area (Å²) >= 11 is 0. The van der Waals surface area contributed by atoms with Crippen molar-refractivity contribution in [2.75, 3.05) is 7.11 Å². The van der Waals surface area contributed by atoms with Crippen LogP contribution in [0.25, 0.3) is 22.1 Å². The van der Waals surface area contributed by atoms with E-state index >= 15 is 0 Å². The van der Waals surface area contributed by atoms with E-state index in [-0.39, 0.29) is 40.2 Å². The Balaban J connectivity index is 1.77. The summed E-state index contributed by atoms with van der Waals surface area (Å²) in [5.41, 5.74) is 1.51. The predicted molar refractivity (Wildman–Crippen MR) is 114 cm³/mol. The number of carbonyl (C=O) groups excluding carboxylic acids is 1. The van der Waals surface area contributed by atoms with Crippen molar-refractivity contribution < 1.29 is 28.9 Å². The zero-order valence-electron chi connectivity index (χ0n) is 16.9. The maximum atomic E-state index is 13.3. The Morgan fingerprint density at radius 3 is 2.72 bits per heavy atom. The smallest absolute Gasteiger partial charge is 0.306 e. The molecule has 0 radical (unpaired) electrons. The quantitative estimate of drug-likeness (QED) is 0.466. The summed E-state index contributed by atoms with van der Waals surface area (Å²) in [7, 11) is 1.30. The van der Waals surface area contributed by atoms with Crippen LogP contribution in [0, 0.1) is 0 Å². The van der Waals surface area contributed by atoms with Gasteiger partial charge in [-0.1, -0.05) is 18.2 Å². The number of aromatic hydroxyl groups is 2. The van der Waals surface area contributed by atoms with E-state index < -0.39 is 17.3 Å². The maximum Gasteiger partial charge on any atom is 0.306 e. The van der Waals surface area contributed by atoms with Gasteiger partial charge in [-0.25, -0.2) is 4.98 Å². The van der Waals surface area contributed by atoms with Gasteiger partial charge >= 0.3 is 5.97 Å². The predicted octanol–water partition coefficient (Wildman–Crippen LogP) is 4.07. The molecule has 4 aromatic rings. The van der Waals surface area contributed by atoms with Gasteiger partial charge in [-0.2, -0.15) is 0 Å². The third kappa shape index (κ3) is 3.04. The summed E-state index contributed by atoms with van der Waals surface area (Å²) in [6, 6.07) is 10.9. The molecule has 0 bridgehead atoms. The van der Waals surface area contributed by atoms with Crippen molar-refractivity contribution in [2.24, 2.45) is 0 Å². The van der Waals surface area contributed by atoms with Crippen LogP contribution in [0.5, 0.6) is 23.1 Å². The number of pyridine rings is 1. The van der Waals surface area contributed by atoms with Crippen molar-refractivity contribution >= 4 is 16.9 Å². The molecule has 160 valence electrons. The average molecular weight is 431 g/mol. The third-order valence-electron chi connectivity index (χ3n) is 5.54. The molecule has 0 unspecified atom stereocenters. The molecule has 0 fully saturated rings. The van der Waals surface area contributed by atoms with Gasteiger partial charge in [0.05, 0.1) is 19.1 Å². The second kappa shape index (κ2) is 7.42. The number of hydrogen-bond donors (Lipinski definition) is 2. The monoisotopic (exact) mass is 431 g/mol. The lowest BCUT2D eigenvalue weighted by molar-refractivity contribution is -0.140. The molecule has 1 atom stereocenters. The van der Waals surface area contributed by atoms with E-state index in [9.17, 15) is 19.8 Å². The van der Waals surface area contributed by atoms with Crippen LogP contribution in [0.4, 0.5) is 0 Å². The van der Waals surface area contributed by atoms with Crippen LogP contribution in [-0.2, 0) is 9.53 Å². The van der Waals surface area contributed by atoms with Gasteiger partial charge in [0.1, 0.15) is 34.5 Å². The first-order valence-electron chi connectivity index (χ1n) is 9.78. The summed E-state index contributed by atoms with van der Waals surface area (Å²) in [5, 5.41) is 20.2. The molecule has 2 N–H and O–H groups in total. The van der Waals surface area contributed by atoms with E-state index in [1.807, 2.05) is 0 Å². The molecule has 2 aromatic carbocycles. The summed E-state index contributed by atoms with van der Waals surface area (Å²) in [4.78, 5) is 29.7. The van der Waals surface area contributed by atoms with Crippen molar-refractivity contribution in [2.45, 2.75) is 12.3 Å². The van der Waals surface area contributed by atoms with E-state index in [1.165, 1.54) is 31.6 Å². The Hall–Kier alpha value is -4.33. The number of aromatic nitrogens is 1. The highest BCUT2D eigenvalue weighted by atomic mass is 16.5. The molecule has 8 nitrogen and oxygen atoms in total. The molecule has 3 heterocycles. The minimum absolute atomic E-state index is 0.0277. The van der Waals surface area contributed by atoms with Gasteiger partial charge in [0.25, 0.3) is 0 Å². The van der Waals surface area contributed by atoms with Gasteiger partial charge in [0.15, 0.2) is 0 Å². The number of esters is 1. The number of benzene rings is 2. The summed E-state index contributed by atoms with van der Waals surface area (Å²) in [6.45, 7) is 0. The molecule has 0 amide bonds. The summed E-state index contributed by atoms with van der Waals surface area (Å²) in [6.07, 6.45) is 2.82. The Morgan fingerprint density at radius 1 is 1.19 bits per heavy atom. The fourth-order valence-corrected chi connectivity index (χ4v) is 4.01. The SMILES string of the molecule is COC(=O)C[C@H]1c2cccnc2Oc2cc(O)c3c(=O)c(-c4ccc(O)cc4)coc3c21. The molecule has 5 rings (SSSR count). The number of nitrogens with zero attached hydrogens (tertiary/aromatic N) is 1. The number of ether oxygens (including phenoxy) is 2. The fraction of sp³-hybridized carbons (Fsp3) is 0.125. The number of phenols is 2. The normalized spacial score (nSPS) is 14.3. The highest BCUT2D eigenvalue weighted by Crippen LogP contribution is 2.49. The van der Waals surface area contributed by atoms with Crippen LogP contribution in [0.1, 0.15) is 23.5 Å². The molecule has 1 aliphatic rings. The molecule has 0 aliphatic carbocycles. The lowest BCUT2D eigenvalue weighted by atomic mass is 9.85. The van der Waals surface area contributed by atoms with E-state index in [0.29, 0.717) is 22.6 Å². The molecule has 0 saturated heterocycles. The molecule has 1 aliphatic heterocycles. The lowest BCUT2D eigenvalue weighted by Gasteiger charge is -2.27. The summed E-state index contributed by atoms with van der Waals surface area (Å²) in [5.74, 6) is -0.718. The Labute approximate surface area is 181 Å². The number of rotatable bonds is 3. The number of carbonyl (C=O) groups is 1. The topological polar surface area (TPSA) is 119 Å². The second-order valence-electron chi connectivity index (χ2n) is 7.37. The number of methoxy groups -OCH3 is 1. The highest BCUT2D eigenvalue weighted by molar-refractivity contribution is 5.92. The van der Waals surface area contributed by atoms with E-state index in [2.05, 4.69) is 4.98 Å². The summed E-state index contributed by atoms with van der Waals surface area (Å²) < 4.78 is 16.6. The number of fused-ring (bicyclic) bond motifs is 4. The molecule has 0 saturated carbocycles. The standard InChI is InChI=1S/C24H17NO7/c1-30-19(28)9-15-14-3-2-8-25-24(14)32-18-10-17(27)21-22(29)16(11-31-23(21)20(15)18)12-4-6-13(26)7-5-12/h2-8,10-11,15,26-27H,9H2,1H3/t15-/m0/s1. The fourth-order valence-electron chi connectivity index (χ4n) is 4.01. The van der Waals surface area contributed by atoms with Crippen LogP contribution in [0.15, 0.2) is 64.1 Å². The first kappa shape index (κ1) is 19.6. The van der Waals surface area contributed by atoms with Crippen molar-refractivity contribution in [3.8, 4) is 34.3 Å². The molecular weight excluding hydrogens is 414 g/mol. The zero-order chi connectivity index (χ0) is 22.4. The minimum atomic E-state index is -0.555. The van der Waals surface area contributed by atoms with Crippen LogP contribution in [0.2, 0.25) is 0 Å². The van der Waals surface area contributed by atoms with Crippen LogP contribution in [-0.4, -0.2) is 28.3 Å². The Kier molecular flexibility index (Phi) is 4.55. The number of phenolic OH excluding ortho intramolecular Hbond substituents is 2. The average Bonchev–Trinajstić information content (AvgIpc) is 2.79. The zero-order valence-corrected chi connectivity index (χ0v) is 16.9. The Bertz CT molecular complexity index is 1420. The highest BCUT2D eigenvalue weighted by Gasteiger charge is 2.34. The molecular formula is C24H17NO7. The Morgan fingerprint density at radius 2 is 1.97 bits per heavy atom. The first-order chi connectivity index (χ1) is 15.5. The molecule has 8 heteroatoms. The minimum Gasteiger partial charge on any atom is -0.508 e. The molecule has 32 heavy (non-hydrogen) atoms. The van der Waals surface area contributed by atoms with Crippen molar-refractivity contribution in [3.05, 3.63) is 76.3 Å². The van der Waals surface area contributed by atoms with Crippen molar-refractivity contribution in [1.82, 2.24) is 4.98 Å².